The van der Waals surface area contributed by atoms with E-state index >= 15 is 0 Å². The summed E-state index contributed by atoms with van der Waals surface area (Å²) in [6.07, 6.45) is -0.688. The number of carbonyl (C=O) groups excluding carboxylic acids is 2. The standard InChI is InChI=1S/C19H17F3N4O3/c20-14-3-2-11(6-13(14)17(21)22)15-8-23-7-12(24-15)9-26-10-16(29-19(26)28)18(27)25-4-1-5-25/h2-3,6-8,16-17H,1,4-5,9-10H2. The second kappa shape index (κ2) is 7.69. The molecule has 0 aliphatic carbocycles. The van der Waals surface area contributed by atoms with Gasteiger partial charge in [0.15, 0.2) is 6.10 Å². The third kappa shape index (κ3) is 3.87. The number of halogens is 3. The molecule has 2 aliphatic heterocycles. The SMILES string of the molecule is O=C1OC(C(=O)N2CCC2)CN1Cc1cncc(-c2ccc(F)c(C(F)F)c2)n1. The average Bonchev–Trinajstić information content (AvgIpc) is 3.01. The van der Waals surface area contributed by atoms with Crippen molar-refractivity contribution in [3.8, 4) is 11.3 Å². The molecule has 7 nitrogen and oxygen atoms in total. The Balaban J connectivity index is 1.49. The number of ether oxygens (including phenoxy) is 1. The highest BCUT2D eigenvalue weighted by Crippen LogP contribution is 2.27. The fraction of sp³-hybridized carbons (Fsp3) is 0.368. The Morgan fingerprint density at radius 1 is 1.28 bits per heavy atom. The Kier molecular flexibility index (Phi) is 5.08. The first kappa shape index (κ1) is 19.2. The van der Waals surface area contributed by atoms with Gasteiger partial charge in [-0.05, 0) is 24.6 Å². The van der Waals surface area contributed by atoms with Crippen LogP contribution in [0, 0.1) is 5.82 Å². The summed E-state index contributed by atoms with van der Waals surface area (Å²) in [6, 6.07) is 3.32. The molecule has 2 fully saturated rings. The van der Waals surface area contributed by atoms with Gasteiger partial charge in [0.2, 0.25) is 0 Å². The second-order valence-electron chi connectivity index (χ2n) is 6.86. The van der Waals surface area contributed by atoms with Gasteiger partial charge in [-0.2, -0.15) is 0 Å². The number of alkyl halides is 2. The van der Waals surface area contributed by atoms with Gasteiger partial charge in [0.1, 0.15) is 5.82 Å². The summed E-state index contributed by atoms with van der Waals surface area (Å²) >= 11 is 0. The van der Waals surface area contributed by atoms with Crippen LogP contribution in [0.15, 0.2) is 30.6 Å². The number of likely N-dealkylation sites (tertiary alicyclic amines) is 1. The van der Waals surface area contributed by atoms with Crippen LogP contribution >= 0.6 is 0 Å². The van der Waals surface area contributed by atoms with Crippen molar-refractivity contribution in [2.45, 2.75) is 25.5 Å². The van der Waals surface area contributed by atoms with Crippen LogP contribution in [0.4, 0.5) is 18.0 Å². The van der Waals surface area contributed by atoms with Crippen molar-refractivity contribution >= 4 is 12.0 Å². The Morgan fingerprint density at radius 3 is 2.76 bits per heavy atom. The van der Waals surface area contributed by atoms with Crippen LogP contribution in [0.5, 0.6) is 0 Å². The molecule has 29 heavy (non-hydrogen) atoms. The number of benzene rings is 1. The Labute approximate surface area is 164 Å². The van der Waals surface area contributed by atoms with E-state index in [2.05, 4.69) is 9.97 Å². The van der Waals surface area contributed by atoms with Crippen molar-refractivity contribution in [3.63, 3.8) is 0 Å². The summed E-state index contributed by atoms with van der Waals surface area (Å²) in [5, 5.41) is 0. The van der Waals surface area contributed by atoms with Gasteiger partial charge in [-0.25, -0.2) is 22.9 Å². The molecule has 2 saturated heterocycles. The summed E-state index contributed by atoms with van der Waals surface area (Å²) in [5.41, 5.74) is 0.223. The molecular formula is C19H17F3N4O3. The van der Waals surface area contributed by atoms with E-state index in [9.17, 15) is 22.8 Å². The van der Waals surface area contributed by atoms with Crippen LogP contribution in [0.2, 0.25) is 0 Å². The summed E-state index contributed by atoms with van der Waals surface area (Å²) in [7, 11) is 0. The van der Waals surface area contributed by atoms with Gasteiger partial charge >= 0.3 is 6.09 Å². The molecule has 1 unspecified atom stereocenters. The van der Waals surface area contributed by atoms with Crippen molar-refractivity contribution in [1.82, 2.24) is 19.8 Å². The lowest BCUT2D eigenvalue weighted by molar-refractivity contribution is -0.142. The monoisotopic (exact) mass is 406 g/mol. The minimum Gasteiger partial charge on any atom is -0.434 e. The molecule has 0 bridgehead atoms. The molecule has 1 aromatic heterocycles. The molecule has 2 aliphatic rings. The summed E-state index contributed by atoms with van der Waals surface area (Å²) in [4.78, 5) is 35.7. The van der Waals surface area contributed by atoms with Gasteiger partial charge < -0.3 is 9.64 Å². The largest absolute Gasteiger partial charge is 0.434 e. The first-order valence-electron chi connectivity index (χ1n) is 9.05. The number of rotatable bonds is 5. The second-order valence-corrected chi connectivity index (χ2v) is 6.86. The lowest BCUT2D eigenvalue weighted by atomic mass is 10.1. The number of cyclic esters (lactones) is 1. The van der Waals surface area contributed by atoms with Gasteiger partial charge in [0.25, 0.3) is 12.3 Å². The zero-order valence-corrected chi connectivity index (χ0v) is 15.2. The summed E-state index contributed by atoms with van der Waals surface area (Å²) < 4.78 is 44.5. The number of carbonyl (C=O) groups is 2. The van der Waals surface area contributed by atoms with E-state index in [1.54, 1.807) is 4.90 Å². The fourth-order valence-electron chi connectivity index (χ4n) is 3.19. The van der Waals surface area contributed by atoms with E-state index in [1.165, 1.54) is 23.4 Å². The fourth-order valence-corrected chi connectivity index (χ4v) is 3.19. The lowest BCUT2D eigenvalue weighted by Gasteiger charge is -2.32. The highest BCUT2D eigenvalue weighted by molar-refractivity contribution is 5.86. The molecule has 3 heterocycles. The van der Waals surface area contributed by atoms with Gasteiger partial charge in [0, 0.05) is 18.7 Å². The Hall–Kier alpha value is -3.17. The first-order valence-corrected chi connectivity index (χ1v) is 9.05. The third-order valence-electron chi connectivity index (χ3n) is 4.89. The molecule has 10 heteroatoms. The number of aromatic nitrogens is 2. The van der Waals surface area contributed by atoms with Crippen LogP contribution in [0.3, 0.4) is 0 Å². The molecule has 0 saturated carbocycles. The van der Waals surface area contributed by atoms with Crippen molar-refractivity contribution in [3.05, 3.63) is 47.7 Å². The molecule has 2 amide bonds. The van der Waals surface area contributed by atoms with Crippen LogP contribution in [0.1, 0.15) is 24.1 Å². The average molecular weight is 406 g/mol. The minimum atomic E-state index is -2.95. The number of nitrogens with zero attached hydrogens (tertiary/aromatic N) is 4. The van der Waals surface area contributed by atoms with Gasteiger partial charge in [-0.3, -0.25) is 14.7 Å². The molecule has 4 rings (SSSR count). The Bertz CT molecular complexity index is 952. The maximum Gasteiger partial charge on any atom is 0.411 e. The van der Waals surface area contributed by atoms with E-state index < -0.39 is 30.0 Å². The normalized spacial score (nSPS) is 18.8. The molecule has 0 N–H and O–H groups in total. The van der Waals surface area contributed by atoms with Crippen molar-refractivity contribution in [2.75, 3.05) is 19.6 Å². The highest BCUT2D eigenvalue weighted by Gasteiger charge is 2.39. The van der Waals surface area contributed by atoms with Crippen LogP contribution in [-0.2, 0) is 16.1 Å². The van der Waals surface area contributed by atoms with E-state index in [4.69, 9.17) is 4.74 Å². The topological polar surface area (TPSA) is 75.6 Å². The quantitative estimate of drug-likeness (QED) is 0.763. The molecule has 1 atom stereocenters. The van der Waals surface area contributed by atoms with E-state index in [0.29, 0.717) is 18.8 Å². The van der Waals surface area contributed by atoms with Crippen LogP contribution in [0.25, 0.3) is 11.3 Å². The van der Waals surface area contributed by atoms with Crippen molar-refractivity contribution in [1.29, 1.82) is 0 Å². The molecule has 1 aromatic carbocycles. The number of hydrogen-bond acceptors (Lipinski definition) is 5. The van der Waals surface area contributed by atoms with Gasteiger partial charge in [-0.1, -0.05) is 0 Å². The predicted octanol–water partition coefficient (Wildman–Crippen LogP) is 2.77. The van der Waals surface area contributed by atoms with E-state index in [-0.39, 0.29) is 30.3 Å². The van der Waals surface area contributed by atoms with Gasteiger partial charge in [0.05, 0.1) is 42.4 Å². The molecule has 2 aromatic rings. The molecule has 0 spiro atoms. The minimum absolute atomic E-state index is 0.0480. The zero-order chi connectivity index (χ0) is 20.5. The smallest absolute Gasteiger partial charge is 0.411 e. The zero-order valence-electron chi connectivity index (χ0n) is 15.2. The summed E-state index contributed by atoms with van der Waals surface area (Å²) in [5.74, 6) is -1.21. The maximum atomic E-state index is 13.5. The van der Waals surface area contributed by atoms with E-state index in [0.717, 1.165) is 18.6 Å². The number of hydrogen-bond donors (Lipinski definition) is 0. The number of amides is 2. The third-order valence-corrected chi connectivity index (χ3v) is 4.89. The van der Waals surface area contributed by atoms with E-state index in [1.807, 2.05) is 0 Å². The van der Waals surface area contributed by atoms with Crippen LogP contribution < -0.4 is 0 Å². The first-order chi connectivity index (χ1) is 13.9. The predicted molar refractivity (Wildman–Crippen MR) is 94.3 cm³/mol. The van der Waals surface area contributed by atoms with Crippen molar-refractivity contribution < 1.29 is 27.5 Å². The highest BCUT2D eigenvalue weighted by atomic mass is 19.3. The molecular weight excluding hydrogens is 389 g/mol. The molecule has 0 radical (unpaired) electrons. The Morgan fingerprint density at radius 2 is 2.07 bits per heavy atom. The van der Waals surface area contributed by atoms with Crippen LogP contribution in [-0.4, -0.2) is 57.5 Å². The van der Waals surface area contributed by atoms with Gasteiger partial charge in [-0.15, -0.1) is 0 Å². The lowest BCUT2D eigenvalue weighted by Crippen LogP contribution is -2.48. The maximum absolute atomic E-state index is 13.5. The molecule has 152 valence electrons. The summed E-state index contributed by atoms with van der Waals surface area (Å²) in [6.45, 7) is 1.48. The van der Waals surface area contributed by atoms with Crippen molar-refractivity contribution in [2.24, 2.45) is 0 Å².